The molecule has 2 rings (SSSR count). The maximum atomic E-state index is 8.91. The molecule has 1 aromatic carbocycles. The van der Waals surface area contributed by atoms with Gasteiger partial charge in [-0.2, -0.15) is 5.26 Å². The molecule has 20 heavy (non-hydrogen) atoms. The van der Waals surface area contributed by atoms with E-state index in [0.29, 0.717) is 17.3 Å². The molecule has 0 spiro atoms. The summed E-state index contributed by atoms with van der Waals surface area (Å²) >= 11 is 0. The molecule has 1 atom stereocenters. The molecular formula is C15H18N4O. The summed E-state index contributed by atoms with van der Waals surface area (Å²) in [6.45, 7) is 5.11. The Labute approximate surface area is 118 Å². The lowest BCUT2D eigenvalue weighted by Gasteiger charge is -2.11. The molecule has 0 amide bonds. The van der Waals surface area contributed by atoms with E-state index in [4.69, 9.17) is 9.68 Å². The van der Waals surface area contributed by atoms with Crippen molar-refractivity contribution >= 4 is 0 Å². The van der Waals surface area contributed by atoms with Gasteiger partial charge in [-0.3, -0.25) is 0 Å². The van der Waals surface area contributed by atoms with Gasteiger partial charge in [0.25, 0.3) is 0 Å². The van der Waals surface area contributed by atoms with Crippen molar-refractivity contribution in [3.05, 3.63) is 35.7 Å². The molecule has 0 radical (unpaired) electrons. The second kappa shape index (κ2) is 6.83. The number of nitrogens with zero attached hydrogens (tertiary/aromatic N) is 3. The van der Waals surface area contributed by atoms with Gasteiger partial charge in [0.2, 0.25) is 11.8 Å². The van der Waals surface area contributed by atoms with Crippen LogP contribution in [0.15, 0.2) is 28.7 Å². The molecule has 1 heterocycles. The van der Waals surface area contributed by atoms with Crippen molar-refractivity contribution in [1.82, 2.24) is 15.5 Å². The molecule has 5 heteroatoms. The topological polar surface area (TPSA) is 74.7 Å². The second-order valence-electron chi connectivity index (χ2n) is 4.55. The van der Waals surface area contributed by atoms with E-state index >= 15 is 0 Å². The van der Waals surface area contributed by atoms with Gasteiger partial charge in [-0.15, -0.1) is 10.2 Å². The molecule has 0 saturated heterocycles. The van der Waals surface area contributed by atoms with E-state index in [0.717, 1.165) is 24.9 Å². The highest BCUT2D eigenvalue weighted by molar-refractivity contribution is 5.55. The largest absolute Gasteiger partial charge is 0.419 e. The Hall–Kier alpha value is -2.19. The molecule has 0 aliphatic heterocycles. The van der Waals surface area contributed by atoms with Crippen LogP contribution in [0.2, 0.25) is 0 Å². The van der Waals surface area contributed by atoms with Crippen LogP contribution in [0.5, 0.6) is 0 Å². The lowest BCUT2D eigenvalue weighted by atomic mass is 10.1. The van der Waals surface area contributed by atoms with E-state index in [2.05, 4.69) is 35.4 Å². The Kier molecular flexibility index (Phi) is 4.85. The van der Waals surface area contributed by atoms with E-state index in [-0.39, 0.29) is 6.04 Å². The van der Waals surface area contributed by atoms with E-state index in [1.165, 1.54) is 0 Å². The zero-order chi connectivity index (χ0) is 14.4. The Bertz CT molecular complexity index is 600. The fraction of sp³-hybridized carbons (Fsp3) is 0.400. The maximum Gasteiger partial charge on any atom is 0.247 e. The van der Waals surface area contributed by atoms with Crippen molar-refractivity contribution in [2.24, 2.45) is 0 Å². The first-order valence-corrected chi connectivity index (χ1v) is 6.85. The Morgan fingerprint density at radius 2 is 2.20 bits per heavy atom. The maximum absolute atomic E-state index is 8.91. The Morgan fingerprint density at radius 1 is 1.35 bits per heavy atom. The van der Waals surface area contributed by atoms with Crippen molar-refractivity contribution in [1.29, 1.82) is 5.26 Å². The van der Waals surface area contributed by atoms with E-state index in [1.807, 2.05) is 12.1 Å². The van der Waals surface area contributed by atoms with Crippen molar-refractivity contribution in [3.8, 4) is 17.5 Å². The van der Waals surface area contributed by atoms with Gasteiger partial charge in [0, 0.05) is 5.56 Å². The van der Waals surface area contributed by atoms with Crippen molar-refractivity contribution in [2.45, 2.75) is 32.7 Å². The minimum absolute atomic E-state index is 0.0790. The average Bonchev–Trinajstić information content (AvgIpc) is 2.98. The molecule has 0 fully saturated rings. The fourth-order valence-corrected chi connectivity index (χ4v) is 1.94. The molecule has 2 aromatic rings. The molecule has 1 aromatic heterocycles. The third-order valence-corrected chi connectivity index (χ3v) is 3.03. The zero-order valence-electron chi connectivity index (χ0n) is 11.8. The predicted octanol–water partition coefficient (Wildman–Crippen LogP) is 3.06. The Balaban J connectivity index is 2.21. The van der Waals surface area contributed by atoms with Crippen LogP contribution >= 0.6 is 0 Å². The van der Waals surface area contributed by atoms with Gasteiger partial charge in [-0.1, -0.05) is 19.9 Å². The van der Waals surface area contributed by atoms with Crippen LogP contribution in [0.4, 0.5) is 0 Å². The lowest BCUT2D eigenvalue weighted by Crippen LogP contribution is -2.21. The minimum atomic E-state index is 0.0790. The molecule has 0 saturated carbocycles. The summed E-state index contributed by atoms with van der Waals surface area (Å²) in [5, 5.41) is 20.5. The smallest absolute Gasteiger partial charge is 0.247 e. The first-order chi connectivity index (χ1) is 9.78. The number of nitriles is 1. The third kappa shape index (κ3) is 3.22. The second-order valence-corrected chi connectivity index (χ2v) is 4.55. The van der Waals surface area contributed by atoms with E-state index in [1.54, 1.807) is 12.1 Å². The molecule has 1 N–H and O–H groups in total. The Morgan fingerprint density at radius 3 is 2.90 bits per heavy atom. The van der Waals surface area contributed by atoms with E-state index in [9.17, 15) is 0 Å². The number of aromatic nitrogens is 2. The first kappa shape index (κ1) is 14.2. The van der Waals surface area contributed by atoms with Crippen molar-refractivity contribution in [2.75, 3.05) is 6.54 Å². The molecule has 0 aliphatic rings. The average molecular weight is 270 g/mol. The van der Waals surface area contributed by atoms with Gasteiger partial charge < -0.3 is 9.73 Å². The quantitative estimate of drug-likeness (QED) is 0.873. The summed E-state index contributed by atoms with van der Waals surface area (Å²) in [7, 11) is 0. The molecule has 1 unspecified atom stereocenters. The van der Waals surface area contributed by atoms with Crippen molar-refractivity contribution in [3.63, 3.8) is 0 Å². The number of hydrogen-bond donors (Lipinski definition) is 1. The van der Waals surface area contributed by atoms with Crippen LogP contribution in [0, 0.1) is 11.3 Å². The van der Waals surface area contributed by atoms with Gasteiger partial charge in [0.15, 0.2) is 0 Å². The third-order valence-electron chi connectivity index (χ3n) is 3.03. The van der Waals surface area contributed by atoms with Gasteiger partial charge in [-0.05, 0) is 37.6 Å². The van der Waals surface area contributed by atoms with Crippen LogP contribution in [0.25, 0.3) is 11.5 Å². The number of rotatable bonds is 6. The monoisotopic (exact) mass is 270 g/mol. The summed E-state index contributed by atoms with van der Waals surface area (Å²) in [6, 6.07) is 9.35. The highest BCUT2D eigenvalue weighted by Gasteiger charge is 2.16. The highest BCUT2D eigenvalue weighted by atomic mass is 16.4. The summed E-state index contributed by atoms with van der Waals surface area (Å²) < 4.78 is 5.73. The summed E-state index contributed by atoms with van der Waals surface area (Å²) in [5.41, 5.74) is 1.35. The first-order valence-electron chi connectivity index (χ1n) is 6.85. The summed E-state index contributed by atoms with van der Waals surface area (Å²) in [5.74, 6) is 1.05. The molecule has 0 bridgehead atoms. The highest BCUT2D eigenvalue weighted by Crippen LogP contribution is 2.22. The summed E-state index contributed by atoms with van der Waals surface area (Å²) in [4.78, 5) is 0. The molecule has 104 valence electrons. The van der Waals surface area contributed by atoms with Gasteiger partial charge in [0.05, 0.1) is 17.7 Å². The summed E-state index contributed by atoms with van der Waals surface area (Å²) in [6.07, 6.45) is 1.95. The molecule has 5 nitrogen and oxygen atoms in total. The molecule has 0 aliphatic carbocycles. The van der Waals surface area contributed by atoms with Gasteiger partial charge in [0.1, 0.15) is 0 Å². The number of hydrogen-bond acceptors (Lipinski definition) is 5. The van der Waals surface area contributed by atoms with Gasteiger partial charge >= 0.3 is 0 Å². The van der Waals surface area contributed by atoms with Crippen LogP contribution in [0.1, 0.15) is 44.2 Å². The normalized spacial score (nSPS) is 12.1. The lowest BCUT2D eigenvalue weighted by molar-refractivity contribution is 0.396. The van der Waals surface area contributed by atoms with Crippen LogP contribution in [-0.2, 0) is 0 Å². The van der Waals surface area contributed by atoms with Crippen LogP contribution in [0.3, 0.4) is 0 Å². The van der Waals surface area contributed by atoms with Crippen LogP contribution in [-0.4, -0.2) is 16.7 Å². The number of nitrogens with one attached hydrogen (secondary N) is 1. The fourth-order valence-electron chi connectivity index (χ4n) is 1.94. The van der Waals surface area contributed by atoms with Crippen LogP contribution < -0.4 is 5.32 Å². The van der Waals surface area contributed by atoms with E-state index < -0.39 is 0 Å². The standard InChI is InChI=1S/C15H18N4O/c1-3-8-17-13(4-2)15-19-18-14(20-15)12-7-5-6-11(9-12)10-16/h5-7,9,13,17H,3-4,8H2,1-2H3. The minimum Gasteiger partial charge on any atom is -0.419 e. The number of benzene rings is 1. The van der Waals surface area contributed by atoms with Crippen molar-refractivity contribution < 1.29 is 4.42 Å². The molecular weight excluding hydrogens is 252 g/mol. The predicted molar refractivity (Wildman–Crippen MR) is 75.8 cm³/mol. The zero-order valence-corrected chi connectivity index (χ0v) is 11.8. The SMILES string of the molecule is CCCNC(CC)c1nnc(-c2cccc(C#N)c2)o1. The van der Waals surface area contributed by atoms with Gasteiger partial charge in [-0.25, -0.2) is 0 Å².